The van der Waals surface area contributed by atoms with Gasteiger partial charge in [-0.15, -0.1) is 11.3 Å². The Morgan fingerprint density at radius 1 is 1.42 bits per heavy atom. The van der Waals surface area contributed by atoms with E-state index in [-0.39, 0.29) is 11.8 Å². The minimum absolute atomic E-state index is 0.0826. The Kier molecular flexibility index (Phi) is 3.84. The lowest BCUT2D eigenvalue weighted by Crippen LogP contribution is -2.39. The average Bonchev–Trinajstić information content (AvgIpc) is 2.82. The number of anilines is 2. The molecule has 102 valence electrons. The van der Waals surface area contributed by atoms with Crippen molar-refractivity contribution in [1.82, 2.24) is 9.97 Å². The van der Waals surface area contributed by atoms with Crippen molar-refractivity contribution in [2.24, 2.45) is 11.7 Å². The fourth-order valence-corrected chi connectivity index (χ4v) is 2.55. The smallest absolute Gasteiger partial charge is 0.240 e. The number of hydrogen-bond donors (Lipinski definition) is 3. The van der Waals surface area contributed by atoms with Gasteiger partial charge < -0.3 is 16.4 Å². The van der Waals surface area contributed by atoms with Crippen LogP contribution in [0.4, 0.5) is 11.8 Å². The lowest BCUT2D eigenvalue weighted by atomic mass is 10.0. The van der Waals surface area contributed by atoms with Gasteiger partial charge in [0, 0.05) is 7.05 Å². The molecule has 0 spiro atoms. The SMILES string of the molecule is CNc1nc(NC(C(N)=O)C(C)C)c2ccsc2n1. The second kappa shape index (κ2) is 5.40. The molecule has 0 aliphatic rings. The number of rotatable bonds is 5. The Labute approximate surface area is 115 Å². The Balaban J connectivity index is 2.43. The van der Waals surface area contributed by atoms with Crippen LogP contribution in [0.2, 0.25) is 0 Å². The van der Waals surface area contributed by atoms with Gasteiger partial charge >= 0.3 is 0 Å². The summed E-state index contributed by atoms with van der Waals surface area (Å²) in [5.41, 5.74) is 5.42. The number of nitrogens with one attached hydrogen (secondary N) is 2. The monoisotopic (exact) mass is 279 g/mol. The standard InChI is InChI=1S/C12H17N5OS/c1-6(2)8(9(13)18)15-10-7-4-5-19-11(7)17-12(14-3)16-10/h4-6,8H,1-3H3,(H2,13,18)(H2,14,15,16,17). The molecule has 1 unspecified atom stereocenters. The zero-order valence-electron chi connectivity index (χ0n) is 11.1. The van der Waals surface area contributed by atoms with Gasteiger partial charge in [-0.05, 0) is 17.4 Å². The number of nitrogens with two attached hydrogens (primary N) is 1. The van der Waals surface area contributed by atoms with Crippen LogP contribution in [-0.2, 0) is 4.79 Å². The van der Waals surface area contributed by atoms with Crippen molar-refractivity contribution in [3.05, 3.63) is 11.4 Å². The average molecular weight is 279 g/mol. The molecule has 0 aromatic carbocycles. The second-order valence-corrected chi connectivity index (χ2v) is 5.45. The number of hydrogen-bond acceptors (Lipinski definition) is 6. The first-order valence-electron chi connectivity index (χ1n) is 6.01. The van der Waals surface area contributed by atoms with Crippen LogP contribution in [0.5, 0.6) is 0 Å². The molecule has 1 atom stereocenters. The lowest BCUT2D eigenvalue weighted by Gasteiger charge is -2.20. The van der Waals surface area contributed by atoms with Crippen LogP contribution < -0.4 is 16.4 Å². The summed E-state index contributed by atoms with van der Waals surface area (Å²) < 4.78 is 0. The van der Waals surface area contributed by atoms with E-state index in [1.165, 1.54) is 11.3 Å². The lowest BCUT2D eigenvalue weighted by molar-refractivity contribution is -0.119. The molecule has 19 heavy (non-hydrogen) atoms. The third-order valence-corrected chi connectivity index (χ3v) is 3.62. The van der Waals surface area contributed by atoms with E-state index in [4.69, 9.17) is 5.73 Å². The highest BCUT2D eigenvalue weighted by Crippen LogP contribution is 2.27. The Morgan fingerprint density at radius 3 is 2.74 bits per heavy atom. The number of carbonyl (C=O) groups is 1. The Bertz CT molecular complexity index is 595. The van der Waals surface area contributed by atoms with Crippen LogP contribution in [0, 0.1) is 5.92 Å². The van der Waals surface area contributed by atoms with Crippen molar-refractivity contribution in [1.29, 1.82) is 0 Å². The molecule has 2 aromatic rings. The summed E-state index contributed by atoms with van der Waals surface area (Å²) >= 11 is 1.53. The van der Waals surface area contributed by atoms with Crippen LogP contribution in [0.1, 0.15) is 13.8 Å². The van der Waals surface area contributed by atoms with Gasteiger partial charge in [0.1, 0.15) is 16.7 Å². The molecule has 0 saturated heterocycles. The zero-order valence-corrected chi connectivity index (χ0v) is 11.9. The molecule has 2 aromatic heterocycles. The molecule has 2 rings (SSSR count). The van der Waals surface area contributed by atoms with Gasteiger partial charge in [-0.25, -0.2) is 4.98 Å². The van der Waals surface area contributed by atoms with E-state index >= 15 is 0 Å². The molecular formula is C12H17N5OS. The summed E-state index contributed by atoms with van der Waals surface area (Å²) in [5, 5.41) is 8.87. The largest absolute Gasteiger partial charge is 0.368 e. The maximum atomic E-state index is 11.5. The number of primary amides is 1. The summed E-state index contributed by atoms with van der Waals surface area (Å²) in [4.78, 5) is 21.1. The molecule has 0 aliphatic heterocycles. The molecule has 0 saturated carbocycles. The summed E-state index contributed by atoms with van der Waals surface area (Å²) in [6, 6.07) is 1.47. The van der Waals surface area contributed by atoms with Crippen LogP contribution in [0.3, 0.4) is 0 Å². The molecule has 6 nitrogen and oxygen atoms in total. The van der Waals surface area contributed by atoms with E-state index in [9.17, 15) is 4.79 Å². The van der Waals surface area contributed by atoms with Crippen molar-refractivity contribution < 1.29 is 4.79 Å². The summed E-state index contributed by atoms with van der Waals surface area (Å²) in [7, 11) is 1.76. The quantitative estimate of drug-likeness (QED) is 0.774. The molecule has 0 aliphatic carbocycles. The van der Waals surface area contributed by atoms with E-state index in [0.29, 0.717) is 11.8 Å². The molecule has 0 radical (unpaired) electrons. The third-order valence-electron chi connectivity index (χ3n) is 2.81. The molecule has 1 amide bonds. The van der Waals surface area contributed by atoms with Gasteiger partial charge in [0.15, 0.2) is 0 Å². The Hall–Kier alpha value is -1.89. The van der Waals surface area contributed by atoms with E-state index in [1.54, 1.807) is 7.05 Å². The molecular weight excluding hydrogens is 262 g/mol. The number of nitrogens with zero attached hydrogens (tertiary/aromatic N) is 2. The van der Waals surface area contributed by atoms with E-state index < -0.39 is 6.04 Å². The minimum atomic E-state index is -0.456. The third kappa shape index (κ3) is 2.76. The highest BCUT2D eigenvalue weighted by Gasteiger charge is 2.21. The van der Waals surface area contributed by atoms with Crippen LogP contribution in [0.15, 0.2) is 11.4 Å². The first kappa shape index (κ1) is 13.5. The van der Waals surface area contributed by atoms with Gasteiger partial charge in [0.05, 0.1) is 5.39 Å². The molecule has 7 heteroatoms. The van der Waals surface area contributed by atoms with Crippen molar-refractivity contribution in [2.45, 2.75) is 19.9 Å². The van der Waals surface area contributed by atoms with Gasteiger partial charge in [0.2, 0.25) is 11.9 Å². The highest BCUT2D eigenvalue weighted by molar-refractivity contribution is 7.16. The van der Waals surface area contributed by atoms with Gasteiger partial charge in [-0.3, -0.25) is 4.79 Å². The van der Waals surface area contributed by atoms with Crippen molar-refractivity contribution in [3.8, 4) is 0 Å². The summed E-state index contributed by atoms with van der Waals surface area (Å²) in [6.45, 7) is 3.88. The van der Waals surface area contributed by atoms with E-state index in [2.05, 4.69) is 20.6 Å². The topological polar surface area (TPSA) is 92.9 Å². The number of fused-ring (bicyclic) bond motifs is 1. The maximum absolute atomic E-state index is 11.5. The van der Waals surface area contributed by atoms with Crippen molar-refractivity contribution in [3.63, 3.8) is 0 Å². The molecule has 0 fully saturated rings. The molecule has 2 heterocycles. The Morgan fingerprint density at radius 2 is 2.16 bits per heavy atom. The normalized spacial score (nSPS) is 12.6. The first-order valence-corrected chi connectivity index (χ1v) is 6.89. The minimum Gasteiger partial charge on any atom is -0.368 e. The zero-order chi connectivity index (χ0) is 14.0. The summed E-state index contributed by atoms with van der Waals surface area (Å²) in [5.74, 6) is 0.847. The predicted molar refractivity (Wildman–Crippen MR) is 78.4 cm³/mol. The first-order chi connectivity index (χ1) is 9.02. The number of carbonyl (C=O) groups excluding carboxylic acids is 1. The summed E-state index contributed by atoms with van der Waals surface area (Å²) in [6.07, 6.45) is 0. The molecule has 0 bridgehead atoms. The fraction of sp³-hybridized carbons (Fsp3) is 0.417. The maximum Gasteiger partial charge on any atom is 0.240 e. The van der Waals surface area contributed by atoms with E-state index in [0.717, 1.165) is 10.2 Å². The van der Waals surface area contributed by atoms with Crippen LogP contribution >= 0.6 is 11.3 Å². The van der Waals surface area contributed by atoms with Crippen molar-refractivity contribution in [2.75, 3.05) is 17.7 Å². The van der Waals surface area contributed by atoms with E-state index in [1.807, 2.05) is 25.3 Å². The van der Waals surface area contributed by atoms with Gasteiger partial charge in [0.25, 0.3) is 0 Å². The highest BCUT2D eigenvalue weighted by atomic mass is 32.1. The molecule has 4 N–H and O–H groups in total. The predicted octanol–water partition coefficient (Wildman–Crippen LogP) is 1.65. The number of thiophene rings is 1. The van der Waals surface area contributed by atoms with Gasteiger partial charge in [-0.1, -0.05) is 13.8 Å². The number of amides is 1. The van der Waals surface area contributed by atoms with Crippen molar-refractivity contribution >= 4 is 39.2 Å². The van der Waals surface area contributed by atoms with Crippen LogP contribution in [0.25, 0.3) is 10.2 Å². The van der Waals surface area contributed by atoms with Gasteiger partial charge in [-0.2, -0.15) is 4.98 Å². The number of aromatic nitrogens is 2. The second-order valence-electron chi connectivity index (χ2n) is 4.55. The van der Waals surface area contributed by atoms with Crippen LogP contribution in [-0.4, -0.2) is 29.0 Å². The fourth-order valence-electron chi connectivity index (χ4n) is 1.79.